The van der Waals surface area contributed by atoms with Gasteiger partial charge in [0.1, 0.15) is 11.6 Å². The highest BCUT2D eigenvalue weighted by Crippen LogP contribution is 2.41. The molecule has 2 heterocycles. The lowest BCUT2D eigenvalue weighted by Gasteiger charge is -2.28. The number of anilines is 2. The average Bonchev–Trinajstić information content (AvgIpc) is 3.44. The van der Waals surface area contributed by atoms with Crippen LogP contribution in [-0.4, -0.2) is 17.6 Å². The summed E-state index contributed by atoms with van der Waals surface area (Å²) in [5.41, 5.74) is 4.35. The number of para-hydroxylation sites is 1. The molecule has 1 aromatic heterocycles. The summed E-state index contributed by atoms with van der Waals surface area (Å²) in [7, 11) is 0. The first-order chi connectivity index (χ1) is 18.3. The van der Waals surface area contributed by atoms with E-state index < -0.39 is 11.7 Å². The zero-order valence-electron chi connectivity index (χ0n) is 21.2. The largest absolute Gasteiger partial charge is 0.468 e. The number of rotatable bonds is 8. The molecule has 9 heteroatoms. The van der Waals surface area contributed by atoms with E-state index in [4.69, 9.17) is 4.42 Å². The standard InChI is InChI=1S/C29H27FN4O3S/c1-4-19-8-5-7-17(2)27(19)34-28(36)25-18(3)32-29(22(15-31)26(25)23-9-6-14-37-23)38-16-24(35)33-21-12-10-20(30)11-13-21/h5-14,26,32H,4,16H2,1-3H3,(H,33,35)(H,34,36). The van der Waals surface area contributed by atoms with Gasteiger partial charge in [-0.3, -0.25) is 9.59 Å². The summed E-state index contributed by atoms with van der Waals surface area (Å²) in [6, 6.07) is 17.0. The second kappa shape index (κ2) is 11.8. The predicted molar refractivity (Wildman–Crippen MR) is 147 cm³/mol. The summed E-state index contributed by atoms with van der Waals surface area (Å²) in [6.45, 7) is 5.72. The molecule has 0 spiro atoms. The Hall–Kier alpha value is -4.29. The minimum absolute atomic E-state index is 0.00631. The van der Waals surface area contributed by atoms with E-state index in [2.05, 4.69) is 22.0 Å². The normalized spacial score (nSPS) is 15.1. The van der Waals surface area contributed by atoms with E-state index in [1.807, 2.05) is 32.0 Å². The van der Waals surface area contributed by atoms with E-state index in [0.29, 0.717) is 27.7 Å². The summed E-state index contributed by atoms with van der Waals surface area (Å²) in [4.78, 5) is 26.2. The van der Waals surface area contributed by atoms with Crippen LogP contribution < -0.4 is 16.0 Å². The number of allylic oxidation sites excluding steroid dienone is 2. The molecule has 0 fully saturated rings. The molecule has 2 aromatic carbocycles. The first-order valence-electron chi connectivity index (χ1n) is 12.1. The van der Waals surface area contributed by atoms with E-state index in [1.54, 1.807) is 19.1 Å². The fraction of sp³-hybridized carbons (Fsp3) is 0.207. The molecule has 4 rings (SSSR count). The van der Waals surface area contributed by atoms with Gasteiger partial charge in [0, 0.05) is 17.1 Å². The summed E-state index contributed by atoms with van der Waals surface area (Å²) in [6.07, 6.45) is 2.25. The van der Waals surface area contributed by atoms with Crippen molar-refractivity contribution in [3.8, 4) is 6.07 Å². The molecule has 3 N–H and O–H groups in total. The van der Waals surface area contributed by atoms with Crippen LogP contribution in [0.4, 0.5) is 15.8 Å². The van der Waals surface area contributed by atoms with Crippen molar-refractivity contribution in [2.45, 2.75) is 33.1 Å². The highest BCUT2D eigenvalue weighted by molar-refractivity contribution is 8.03. The first kappa shape index (κ1) is 26.8. The predicted octanol–water partition coefficient (Wildman–Crippen LogP) is 6.00. The van der Waals surface area contributed by atoms with Crippen LogP contribution in [0.25, 0.3) is 0 Å². The quantitative estimate of drug-likeness (QED) is 0.330. The Labute approximate surface area is 224 Å². The van der Waals surface area contributed by atoms with E-state index in [-0.39, 0.29) is 23.1 Å². The van der Waals surface area contributed by atoms with Crippen LogP contribution >= 0.6 is 11.8 Å². The van der Waals surface area contributed by atoms with Crippen molar-refractivity contribution in [2.24, 2.45) is 0 Å². The maximum absolute atomic E-state index is 13.7. The van der Waals surface area contributed by atoms with Gasteiger partial charge < -0.3 is 20.4 Å². The molecule has 2 amide bonds. The molecule has 0 saturated carbocycles. The van der Waals surface area contributed by atoms with Gasteiger partial charge in [0.25, 0.3) is 5.91 Å². The first-order valence-corrected chi connectivity index (χ1v) is 13.0. The molecular weight excluding hydrogens is 503 g/mol. The maximum Gasteiger partial charge on any atom is 0.254 e. The third kappa shape index (κ3) is 5.82. The number of hydrogen-bond donors (Lipinski definition) is 3. The van der Waals surface area contributed by atoms with Crippen LogP contribution in [0.5, 0.6) is 0 Å². The molecule has 0 aliphatic carbocycles. The third-order valence-corrected chi connectivity index (χ3v) is 7.19. The fourth-order valence-corrected chi connectivity index (χ4v) is 5.21. The van der Waals surface area contributed by atoms with E-state index in [0.717, 1.165) is 35.0 Å². The minimum Gasteiger partial charge on any atom is -0.468 e. The van der Waals surface area contributed by atoms with Crippen molar-refractivity contribution in [3.63, 3.8) is 0 Å². The number of carbonyl (C=O) groups excluding carboxylic acids is 2. The highest BCUT2D eigenvalue weighted by atomic mass is 32.2. The highest BCUT2D eigenvalue weighted by Gasteiger charge is 2.36. The molecule has 0 bridgehead atoms. The topological polar surface area (TPSA) is 107 Å². The van der Waals surface area contributed by atoms with Crippen LogP contribution in [0.2, 0.25) is 0 Å². The number of nitriles is 1. The Kier molecular flexibility index (Phi) is 8.34. The number of thioether (sulfide) groups is 1. The lowest BCUT2D eigenvalue weighted by molar-refractivity contribution is -0.114. The van der Waals surface area contributed by atoms with Crippen LogP contribution in [0.3, 0.4) is 0 Å². The minimum atomic E-state index is -0.756. The van der Waals surface area contributed by atoms with Crippen molar-refractivity contribution in [3.05, 3.63) is 105 Å². The van der Waals surface area contributed by atoms with Crippen molar-refractivity contribution in [1.82, 2.24) is 5.32 Å². The molecule has 1 aliphatic rings. The zero-order valence-corrected chi connectivity index (χ0v) is 22.0. The number of benzene rings is 2. The fourth-order valence-electron chi connectivity index (χ4n) is 4.32. The number of furan rings is 1. The summed E-state index contributed by atoms with van der Waals surface area (Å²) >= 11 is 1.14. The number of dihydropyridines is 1. The monoisotopic (exact) mass is 530 g/mol. The Morgan fingerprint density at radius 2 is 1.87 bits per heavy atom. The molecule has 194 valence electrons. The molecule has 38 heavy (non-hydrogen) atoms. The van der Waals surface area contributed by atoms with Gasteiger partial charge in [0.2, 0.25) is 5.91 Å². The molecule has 3 aromatic rings. The second-order valence-electron chi connectivity index (χ2n) is 8.73. The lowest BCUT2D eigenvalue weighted by Crippen LogP contribution is -2.31. The third-order valence-electron chi connectivity index (χ3n) is 6.17. The average molecular weight is 531 g/mol. The van der Waals surface area contributed by atoms with Gasteiger partial charge in [-0.25, -0.2) is 4.39 Å². The Morgan fingerprint density at radius 3 is 2.53 bits per heavy atom. The number of nitrogens with zero attached hydrogens (tertiary/aromatic N) is 1. The molecular formula is C29H27FN4O3S. The van der Waals surface area contributed by atoms with E-state index in [1.165, 1.54) is 30.5 Å². The van der Waals surface area contributed by atoms with Crippen molar-refractivity contribution in [2.75, 3.05) is 16.4 Å². The number of carbonyl (C=O) groups is 2. The number of amides is 2. The van der Waals surface area contributed by atoms with Crippen molar-refractivity contribution in [1.29, 1.82) is 5.26 Å². The van der Waals surface area contributed by atoms with Crippen molar-refractivity contribution < 1.29 is 18.4 Å². The van der Waals surface area contributed by atoms with Crippen LogP contribution in [0.1, 0.15) is 36.7 Å². The SMILES string of the molecule is CCc1cccc(C)c1NC(=O)C1=C(C)NC(SCC(=O)Nc2ccc(F)cc2)=C(C#N)C1c1ccco1. The molecule has 1 unspecified atom stereocenters. The van der Waals surface area contributed by atoms with Gasteiger partial charge in [-0.15, -0.1) is 0 Å². The second-order valence-corrected chi connectivity index (χ2v) is 9.71. The summed E-state index contributed by atoms with van der Waals surface area (Å²) in [5, 5.41) is 19.6. The number of hydrogen-bond acceptors (Lipinski definition) is 6. The lowest BCUT2D eigenvalue weighted by atomic mass is 9.85. The van der Waals surface area contributed by atoms with Gasteiger partial charge in [-0.05, 0) is 67.8 Å². The molecule has 0 saturated heterocycles. The maximum atomic E-state index is 13.7. The van der Waals surface area contributed by atoms with Gasteiger partial charge in [0.15, 0.2) is 0 Å². The number of aryl methyl sites for hydroxylation is 2. The Bertz CT molecular complexity index is 1450. The Balaban J connectivity index is 1.61. The van der Waals surface area contributed by atoms with Gasteiger partial charge >= 0.3 is 0 Å². The molecule has 1 atom stereocenters. The van der Waals surface area contributed by atoms with E-state index >= 15 is 0 Å². The smallest absolute Gasteiger partial charge is 0.254 e. The van der Waals surface area contributed by atoms with Crippen molar-refractivity contribution >= 4 is 35.0 Å². The van der Waals surface area contributed by atoms with Gasteiger partial charge in [-0.2, -0.15) is 5.26 Å². The van der Waals surface area contributed by atoms with Crippen LogP contribution in [0, 0.1) is 24.1 Å². The number of halogens is 1. The van der Waals surface area contributed by atoms with Crippen LogP contribution in [0.15, 0.2) is 87.1 Å². The number of nitrogens with one attached hydrogen (secondary N) is 3. The van der Waals surface area contributed by atoms with E-state index in [9.17, 15) is 19.2 Å². The van der Waals surface area contributed by atoms with Crippen LogP contribution in [-0.2, 0) is 16.0 Å². The summed E-state index contributed by atoms with van der Waals surface area (Å²) in [5.74, 6) is -1.37. The van der Waals surface area contributed by atoms with Gasteiger partial charge in [0.05, 0.1) is 40.2 Å². The molecule has 0 radical (unpaired) electrons. The van der Waals surface area contributed by atoms with Gasteiger partial charge in [-0.1, -0.05) is 36.9 Å². The zero-order chi connectivity index (χ0) is 27.2. The molecule has 1 aliphatic heterocycles. The summed E-state index contributed by atoms with van der Waals surface area (Å²) < 4.78 is 18.8. The molecule has 7 nitrogen and oxygen atoms in total. The Morgan fingerprint density at radius 1 is 1.11 bits per heavy atom.